The zero-order valence-electron chi connectivity index (χ0n) is 8.63. The molecule has 1 aromatic heterocycles. The summed E-state index contributed by atoms with van der Waals surface area (Å²) in [5, 5.41) is 14.4. The number of alkyl halides is 1. The lowest BCUT2D eigenvalue weighted by Gasteiger charge is -2.04. The van der Waals surface area contributed by atoms with E-state index in [1.165, 1.54) is 10.8 Å². The first-order valence-corrected chi connectivity index (χ1v) is 5.88. The molecule has 0 aliphatic heterocycles. The molecule has 1 rings (SSSR count). The minimum absolute atomic E-state index is 0.156. The van der Waals surface area contributed by atoms with Crippen LogP contribution < -0.4 is 5.32 Å². The normalized spacial score (nSPS) is 10.6. The van der Waals surface area contributed by atoms with E-state index in [0.29, 0.717) is 19.9 Å². The predicted octanol–water partition coefficient (Wildman–Crippen LogP) is 0.750. The fourth-order valence-electron chi connectivity index (χ4n) is 1.09. The lowest BCUT2D eigenvalue weighted by molar-refractivity contribution is -0.396. The summed E-state index contributed by atoms with van der Waals surface area (Å²) in [6, 6.07) is 0. The first kappa shape index (κ1) is 13.1. The van der Waals surface area contributed by atoms with Gasteiger partial charge in [0.1, 0.15) is 12.4 Å². The maximum Gasteiger partial charge on any atom is 0.434 e. The Labute approximate surface area is 101 Å². The second-order valence-electron chi connectivity index (χ2n) is 2.92. The average Bonchev–Trinajstić information content (AvgIpc) is 2.71. The minimum atomic E-state index is -0.511. The van der Waals surface area contributed by atoms with Crippen molar-refractivity contribution in [3.05, 3.63) is 22.5 Å². The summed E-state index contributed by atoms with van der Waals surface area (Å²) in [4.78, 5) is 13.6. The van der Waals surface area contributed by atoms with Crippen LogP contribution in [0.1, 0.15) is 0 Å². The molecule has 0 atom stereocenters. The topological polar surface area (TPSA) is 82.2 Å². The summed E-state index contributed by atoms with van der Waals surface area (Å²) < 4.78 is 6.69. The summed E-state index contributed by atoms with van der Waals surface area (Å²) >= 11 is 3.27. The monoisotopic (exact) mass is 292 g/mol. The Morgan fingerprint density at radius 2 is 2.50 bits per heavy atom. The van der Waals surface area contributed by atoms with Crippen LogP contribution in [-0.4, -0.2) is 39.7 Å². The first-order chi connectivity index (χ1) is 7.75. The molecule has 1 N–H and O–H groups in total. The molecule has 0 aliphatic carbocycles. The number of hydrogen-bond donors (Lipinski definition) is 1. The van der Waals surface area contributed by atoms with Gasteiger partial charge in [-0.1, -0.05) is 20.9 Å². The Kier molecular flexibility index (Phi) is 5.98. The van der Waals surface area contributed by atoms with Crippen LogP contribution in [0.25, 0.3) is 0 Å². The molecule has 0 fully saturated rings. The lowest BCUT2D eigenvalue weighted by Crippen LogP contribution is -2.21. The number of nitrogens with one attached hydrogen (secondary N) is 1. The maximum absolute atomic E-state index is 10.5. The van der Waals surface area contributed by atoms with Crippen LogP contribution in [0, 0.1) is 10.1 Å². The van der Waals surface area contributed by atoms with E-state index in [9.17, 15) is 10.1 Å². The van der Waals surface area contributed by atoms with Gasteiger partial charge in [0.05, 0.1) is 19.9 Å². The van der Waals surface area contributed by atoms with Crippen LogP contribution in [0.4, 0.5) is 5.95 Å². The molecule has 1 heterocycles. The molecule has 0 unspecified atom stereocenters. The fourth-order valence-corrected chi connectivity index (χ4v) is 1.37. The molecule has 0 aliphatic rings. The van der Waals surface area contributed by atoms with Gasteiger partial charge in [-0.3, -0.25) is 5.32 Å². The highest BCUT2D eigenvalue weighted by atomic mass is 79.9. The SMILES string of the molecule is O=[N+]([O-])c1nccn1CCOCNCCBr. The zero-order chi connectivity index (χ0) is 11.8. The molecule has 0 saturated heterocycles. The molecule has 0 bridgehead atoms. The van der Waals surface area contributed by atoms with Gasteiger partial charge >= 0.3 is 5.95 Å². The van der Waals surface area contributed by atoms with Gasteiger partial charge in [0.25, 0.3) is 0 Å². The van der Waals surface area contributed by atoms with Crippen molar-refractivity contribution >= 4 is 21.9 Å². The van der Waals surface area contributed by atoms with E-state index < -0.39 is 4.92 Å². The molecular weight excluding hydrogens is 280 g/mol. The van der Waals surface area contributed by atoms with E-state index in [4.69, 9.17) is 4.74 Å². The molecule has 16 heavy (non-hydrogen) atoms. The molecule has 0 aromatic carbocycles. The quantitative estimate of drug-likeness (QED) is 0.251. The third kappa shape index (κ3) is 4.25. The molecule has 0 radical (unpaired) electrons. The molecule has 1 aromatic rings. The van der Waals surface area contributed by atoms with Gasteiger partial charge in [0, 0.05) is 11.9 Å². The Hall–Kier alpha value is -0.990. The van der Waals surface area contributed by atoms with Crippen molar-refractivity contribution in [2.75, 3.05) is 25.2 Å². The Balaban J connectivity index is 2.21. The summed E-state index contributed by atoms with van der Waals surface area (Å²) in [6.07, 6.45) is 2.97. The summed E-state index contributed by atoms with van der Waals surface area (Å²) in [7, 11) is 0. The summed E-state index contributed by atoms with van der Waals surface area (Å²) in [5.41, 5.74) is 0. The van der Waals surface area contributed by atoms with Crippen LogP contribution in [0.2, 0.25) is 0 Å². The van der Waals surface area contributed by atoms with E-state index in [1.807, 2.05) is 0 Å². The molecule has 0 spiro atoms. The number of hydrogen-bond acceptors (Lipinski definition) is 5. The number of halogens is 1. The largest absolute Gasteiger partial charge is 0.434 e. The van der Waals surface area contributed by atoms with E-state index in [-0.39, 0.29) is 5.95 Å². The Morgan fingerprint density at radius 3 is 3.19 bits per heavy atom. The highest BCUT2D eigenvalue weighted by molar-refractivity contribution is 9.09. The smallest absolute Gasteiger partial charge is 0.390 e. The van der Waals surface area contributed by atoms with E-state index in [1.54, 1.807) is 6.20 Å². The Morgan fingerprint density at radius 1 is 1.69 bits per heavy atom. The number of imidazole rings is 1. The van der Waals surface area contributed by atoms with E-state index in [0.717, 1.165) is 11.9 Å². The number of rotatable bonds is 8. The zero-order valence-corrected chi connectivity index (χ0v) is 10.2. The van der Waals surface area contributed by atoms with E-state index in [2.05, 4.69) is 26.2 Å². The third-order valence-electron chi connectivity index (χ3n) is 1.81. The second kappa shape index (κ2) is 7.31. The van der Waals surface area contributed by atoms with Gasteiger partial charge in [-0.05, 0) is 4.92 Å². The van der Waals surface area contributed by atoms with Crippen molar-refractivity contribution < 1.29 is 9.66 Å². The number of aromatic nitrogens is 2. The minimum Gasteiger partial charge on any atom is -0.390 e. The number of ether oxygens (including phenoxy) is 1. The molecule has 0 saturated carbocycles. The lowest BCUT2D eigenvalue weighted by atomic mass is 10.6. The van der Waals surface area contributed by atoms with Gasteiger partial charge in [-0.25, -0.2) is 4.57 Å². The average molecular weight is 293 g/mol. The molecule has 7 nitrogen and oxygen atoms in total. The van der Waals surface area contributed by atoms with Crippen LogP contribution in [0.5, 0.6) is 0 Å². The van der Waals surface area contributed by atoms with Gasteiger partial charge < -0.3 is 14.9 Å². The van der Waals surface area contributed by atoms with Gasteiger partial charge in [-0.15, -0.1) is 0 Å². The van der Waals surface area contributed by atoms with Gasteiger partial charge in [0.15, 0.2) is 0 Å². The van der Waals surface area contributed by atoms with Crippen LogP contribution in [-0.2, 0) is 11.3 Å². The standard InChI is InChI=1S/C8H13BrN4O3/c9-1-2-10-7-16-6-5-12-4-3-11-8(12)13(14)15/h3-4,10H,1-2,5-7H2. The molecule has 90 valence electrons. The molecular formula is C8H13BrN4O3. The van der Waals surface area contributed by atoms with Gasteiger partial charge in [-0.2, -0.15) is 0 Å². The number of nitrogens with zero attached hydrogens (tertiary/aromatic N) is 3. The van der Waals surface area contributed by atoms with Crippen molar-refractivity contribution in [3.63, 3.8) is 0 Å². The molecule has 0 amide bonds. The fraction of sp³-hybridized carbons (Fsp3) is 0.625. The Bertz CT molecular complexity index is 331. The summed E-state index contributed by atoms with van der Waals surface area (Å²) in [6.45, 7) is 2.10. The van der Waals surface area contributed by atoms with Crippen molar-refractivity contribution in [3.8, 4) is 0 Å². The van der Waals surface area contributed by atoms with Crippen LogP contribution in [0.15, 0.2) is 12.4 Å². The number of nitro groups is 1. The predicted molar refractivity (Wildman–Crippen MR) is 61.5 cm³/mol. The van der Waals surface area contributed by atoms with E-state index >= 15 is 0 Å². The summed E-state index contributed by atoms with van der Waals surface area (Å²) in [5.74, 6) is -0.156. The van der Waals surface area contributed by atoms with Crippen molar-refractivity contribution in [1.29, 1.82) is 0 Å². The van der Waals surface area contributed by atoms with Gasteiger partial charge in [0.2, 0.25) is 0 Å². The first-order valence-electron chi connectivity index (χ1n) is 4.75. The van der Waals surface area contributed by atoms with Crippen LogP contribution >= 0.6 is 15.9 Å². The van der Waals surface area contributed by atoms with Crippen molar-refractivity contribution in [1.82, 2.24) is 14.9 Å². The highest BCUT2D eigenvalue weighted by Crippen LogP contribution is 2.06. The third-order valence-corrected chi connectivity index (χ3v) is 2.21. The maximum atomic E-state index is 10.5. The van der Waals surface area contributed by atoms with Crippen molar-refractivity contribution in [2.45, 2.75) is 6.54 Å². The van der Waals surface area contributed by atoms with Crippen LogP contribution in [0.3, 0.4) is 0 Å². The van der Waals surface area contributed by atoms with Crippen molar-refractivity contribution in [2.24, 2.45) is 0 Å². The highest BCUT2D eigenvalue weighted by Gasteiger charge is 2.12. The second-order valence-corrected chi connectivity index (χ2v) is 3.71. The molecule has 8 heteroatoms.